The highest BCUT2D eigenvalue weighted by Crippen LogP contribution is 2.20. The molecule has 3 nitrogen and oxygen atoms in total. The van der Waals surface area contributed by atoms with Crippen molar-refractivity contribution in [2.45, 2.75) is 19.5 Å². The van der Waals surface area contributed by atoms with Crippen molar-refractivity contribution >= 4 is 33.2 Å². The van der Waals surface area contributed by atoms with Gasteiger partial charge < -0.3 is 10.2 Å². The third-order valence-electron chi connectivity index (χ3n) is 2.05. The summed E-state index contributed by atoms with van der Waals surface area (Å²) in [6, 6.07) is 1.92. The Bertz CT molecular complexity index is 338. The number of rotatable bonds is 4. The van der Waals surface area contributed by atoms with Crippen LogP contribution in [0.4, 0.5) is 0 Å². The quantitative estimate of drug-likeness (QED) is 0.921. The minimum Gasteiger partial charge on any atom is -0.347 e. The average Bonchev–Trinajstić information content (AvgIpc) is 2.59. The Hall–Kier alpha value is -0.390. The standard InChI is InChI=1S/C10H15BrN2OS/c1-7(10(14)13(2)3)12-5-8-4-9(11)15-6-8/h4,6-7,12H,5H2,1-3H3. The molecule has 84 valence electrons. The number of carbonyl (C=O) groups excluding carboxylic acids is 1. The molecule has 0 aromatic carbocycles. The van der Waals surface area contributed by atoms with Crippen molar-refractivity contribution in [1.82, 2.24) is 10.2 Å². The molecule has 0 spiro atoms. The van der Waals surface area contributed by atoms with E-state index in [0.717, 1.165) is 10.3 Å². The van der Waals surface area contributed by atoms with E-state index in [1.165, 1.54) is 5.56 Å². The number of carbonyl (C=O) groups is 1. The number of nitrogens with one attached hydrogen (secondary N) is 1. The summed E-state index contributed by atoms with van der Waals surface area (Å²) in [5.41, 5.74) is 1.20. The largest absolute Gasteiger partial charge is 0.347 e. The maximum absolute atomic E-state index is 11.5. The zero-order chi connectivity index (χ0) is 11.4. The Morgan fingerprint density at radius 1 is 1.67 bits per heavy atom. The predicted molar refractivity (Wildman–Crippen MR) is 67.0 cm³/mol. The highest BCUT2D eigenvalue weighted by atomic mass is 79.9. The molecule has 5 heteroatoms. The fraction of sp³-hybridized carbons (Fsp3) is 0.500. The van der Waals surface area contributed by atoms with Crippen molar-refractivity contribution in [3.05, 3.63) is 20.8 Å². The number of thiophene rings is 1. The summed E-state index contributed by atoms with van der Waals surface area (Å²) in [5.74, 6) is 0.101. The highest BCUT2D eigenvalue weighted by molar-refractivity contribution is 9.11. The van der Waals surface area contributed by atoms with Gasteiger partial charge in [0.05, 0.1) is 9.83 Å². The molecule has 1 unspecified atom stereocenters. The number of hydrogen-bond acceptors (Lipinski definition) is 3. The van der Waals surface area contributed by atoms with E-state index < -0.39 is 0 Å². The molecular weight excluding hydrogens is 276 g/mol. The van der Waals surface area contributed by atoms with Crippen molar-refractivity contribution in [2.24, 2.45) is 0 Å². The Morgan fingerprint density at radius 2 is 2.33 bits per heavy atom. The van der Waals surface area contributed by atoms with Crippen LogP contribution in [0.1, 0.15) is 12.5 Å². The molecule has 0 fully saturated rings. The zero-order valence-electron chi connectivity index (χ0n) is 9.08. The lowest BCUT2D eigenvalue weighted by Crippen LogP contribution is -2.41. The van der Waals surface area contributed by atoms with Gasteiger partial charge in [0.2, 0.25) is 5.91 Å². The summed E-state index contributed by atoms with van der Waals surface area (Å²) in [7, 11) is 3.53. The number of likely N-dealkylation sites (N-methyl/N-ethyl adjacent to an activating group) is 1. The highest BCUT2D eigenvalue weighted by Gasteiger charge is 2.13. The van der Waals surface area contributed by atoms with Gasteiger partial charge in [-0.1, -0.05) is 0 Å². The van der Waals surface area contributed by atoms with Crippen LogP contribution in [0, 0.1) is 0 Å². The first-order chi connectivity index (χ1) is 7.00. The molecule has 1 aromatic rings. The van der Waals surface area contributed by atoms with Crippen molar-refractivity contribution in [2.75, 3.05) is 14.1 Å². The van der Waals surface area contributed by atoms with Crippen molar-refractivity contribution in [1.29, 1.82) is 0 Å². The number of hydrogen-bond donors (Lipinski definition) is 1. The molecular formula is C10H15BrN2OS. The molecule has 0 bridgehead atoms. The van der Waals surface area contributed by atoms with E-state index in [2.05, 4.69) is 32.7 Å². The number of halogens is 1. The molecule has 1 aromatic heterocycles. The van der Waals surface area contributed by atoms with Gasteiger partial charge >= 0.3 is 0 Å². The Morgan fingerprint density at radius 3 is 2.80 bits per heavy atom. The number of nitrogens with zero attached hydrogens (tertiary/aromatic N) is 1. The normalized spacial score (nSPS) is 12.5. The predicted octanol–water partition coefficient (Wildman–Crippen LogP) is 2.08. The van der Waals surface area contributed by atoms with Crippen molar-refractivity contribution in [3.8, 4) is 0 Å². The molecule has 1 amide bonds. The summed E-state index contributed by atoms with van der Waals surface area (Å²) in [6.07, 6.45) is 0. The van der Waals surface area contributed by atoms with E-state index in [1.54, 1.807) is 30.3 Å². The molecule has 1 rings (SSSR count). The smallest absolute Gasteiger partial charge is 0.238 e. The molecule has 0 aliphatic heterocycles. The van der Waals surface area contributed by atoms with E-state index in [1.807, 2.05) is 6.92 Å². The fourth-order valence-electron chi connectivity index (χ4n) is 1.18. The van der Waals surface area contributed by atoms with E-state index in [0.29, 0.717) is 0 Å². The topological polar surface area (TPSA) is 32.3 Å². The van der Waals surface area contributed by atoms with E-state index >= 15 is 0 Å². The second kappa shape index (κ2) is 5.63. The summed E-state index contributed by atoms with van der Waals surface area (Å²) in [4.78, 5) is 13.1. The lowest BCUT2D eigenvalue weighted by Gasteiger charge is -2.17. The van der Waals surface area contributed by atoms with Gasteiger partial charge in [-0.2, -0.15) is 0 Å². The second-order valence-electron chi connectivity index (χ2n) is 3.59. The summed E-state index contributed by atoms with van der Waals surface area (Å²) in [5, 5.41) is 5.26. The van der Waals surface area contributed by atoms with Gasteiger partial charge in [-0.15, -0.1) is 11.3 Å². The van der Waals surface area contributed by atoms with Crippen LogP contribution in [0.3, 0.4) is 0 Å². The van der Waals surface area contributed by atoms with E-state index in [-0.39, 0.29) is 11.9 Å². The third-order valence-corrected chi connectivity index (χ3v) is 3.60. The fourth-order valence-corrected chi connectivity index (χ4v) is 2.39. The molecule has 0 aliphatic rings. The summed E-state index contributed by atoms with van der Waals surface area (Å²) < 4.78 is 1.12. The van der Waals surface area contributed by atoms with Crippen molar-refractivity contribution in [3.63, 3.8) is 0 Å². The van der Waals surface area contributed by atoms with Crippen LogP contribution in [0.15, 0.2) is 15.2 Å². The molecule has 0 radical (unpaired) electrons. The first-order valence-electron chi connectivity index (χ1n) is 4.68. The van der Waals surface area contributed by atoms with E-state index in [4.69, 9.17) is 0 Å². The SMILES string of the molecule is CC(NCc1csc(Br)c1)C(=O)N(C)C. The van der Waals surface area contributed by atoms with Gasteiger partial charge in [-0.25, -0.2) is 0 Å². The third kappa shape index (κ3) is 3.93. The maximum atomic E-state index is 11.5. The molecule has 0 aliphatic carbocycles. The lowest BCUT2D eigenvalue weighted by molar-refractivity contribution is -0.130. The van der Waals surface area contributed by atoms with Gasteiger partial charge in [-0.3, -0.25) is 4.79 Å². The molecule has 0 saturated heterocycles. The van der Waals surface area contributed by atoms with Crippen molar-refractivity contribution < 1.29 is 4.79 Å². The first-order valence-corrected chi connectivity index (χ1v) is 6.35. The maximum Gasteiger partial charge on any atom is 0.238 e. The van der Waals surface area contributed by atoms with Crippen LogP contribution in [0.2, 0.25) is 0 Å². The summed E-state index contributed by atoms with van der Waals surface area (Å²) in [6.45, 7) is 2.60. The van der Waals surface area contributed by atoms with Gasteiger partial charge in [0, 0.05) is 20.6 Å². The monoisotopic (exact) mass is 290 g/mol. The lowest BCUT2D eigenvalue weighted by atomic mass is 10.2. The van der Waals surface area contributed by atoms with Gasteiger partial charge in [-0.05, 0) is 39.9 Å². The molecule has 15 heavy (non-hydrogen) atoms. The Labute approximate surface area is 103 Å². The number of amides is 1. The van der Waals surface area contributed by atoms with Crippen LogP contribution in [-0.2, 0) is 11.3 Å². The van der Waals surface area contributed by atoms with Crippen LogP contribution >= 0.6 is 27.3 Å². The minimum atomic E-state index is -0.140. The van der Waals surface area contributed by atoms with Gasteiger partial charge in [0.1, 0.15) is 0 Å². The van der Waals surface area contributed by atoms with E-state index in [9.17, 15) is 4.79 Å². The first kappa shape index (κ1) is 12.7. The Balaban J connectivity index is 2.40. The summed E-state index contributed by atoms with van der Waals surface area (Å²) >= 11 is 5.06. The molecule has 1 N–H and O–H groups in total. The van der Waals surface area contributed by atoms with Gasteiger partial charge in [0.25, 0.3) is 0 Å². The average molecular weight is 291 g/mol. The Kier molecular flexibility index (Phi) is 4.76. The molecule has 0 saturated carbocycles. The van der Waals surface area contributed by atoms with Crippen LogP contribution < -0.4 is 5.32 Å². The zero-order valence-corrected chi connectivity index (χ0v) is 11.5. The van der Waals surface area contributed by atoms with Crippen LogP contribution in [0.25, 0.3) is 0 Å². The van der Waals surface area contributed by atoms with Crippen LogP contribution in [0.5, 0.6) is 0 Å². The molecule has 1 atom stereocenters. The second-order valence-corrected chi connectivity index (χ2v) is 5.88. The molecule has 1 heterocycles. The minimum absolute atomic E-state index is 0.101. The van der Waals surface area contributed by atoms with Gasteiger partial charge in [0.15, 0.2) is 0 Å². The van der Waals surface area contributed by atoms with Crippen LogP contribution in [-0.4, -0.2) is 30.9 Å².